The highest BCUT2D eigenvalue weighted by Crippen LogP contribution is 2.32. The molecule has 0 radical (unpaired) electrons. The summed E-state index contributed by atoms with van der Waals surface area (Å²) in [7, 11) is -3.85. The van der Waals surface area contributed by atoms with Crippen molar-refractivity contribution in [3.05, 3.63) is 115 Å². The third-order valence-electron chi connectivity index (χ3n) is 6.65. The molecule has 1 aromatic heterocycles. The normalized spacial score (nSPS) is 16.7. The van der Waals surface area contributed by atoms with Gasteiger partial charge < -0.3 is 15.1 Å². The minimum atomic E-state index is -3.85. The SMILES string of the molecule is O=C(NC(CCNCc1ccco1)c1ccccc1)C1SCCN1S(=O)(=O)c1ccc(-c2ccccc2)cc1. The van der Waals surface area contributed by atoms with E-state index < -0.39 is 15.4 Å². The van der Waals surface area contributed by atoms with Crippen molar-refractivity contribution in [2.24, 2.45) is 0 Å². The second-order valence-electron chi connectivity index (χ2n) is 9.25. The lowest BCUT2D eigenvalue weighted by Crippen LogP contribution is -2.46. The molecule has 2 atom stereocenters. The molecule has 1 aliphatic rings. The monoisotopic (exact) mass is 561 g/mol. The van der Waals surface area contributed by atoms with Crippen molar-refractivity contribution in [1.29, 1.82) is 0 Å². The van der Waals surface area contributed by atoms with Crippen LogP contribution in [0, 0.1) is 0 Å². The van der Waals surface area contributed by atoms with Gasteiger partial charge in [-0.3, -0.25) is 4.79 Å². The number of amides is 1. The average Bonchev–Trinajstić information content (AvgIpc) is 3.69. The molecular weight excluding hydrogens is 530 g/mol. The van der Waals surface area contributed by atoms with Gasteiger partial charge in [0.1, 0.15) is 11.1 Å². The van der Waals surface area contributed by atoms with Gasteiger partial charge in [0.15, 0.2) is 0 Å². The standard InChI is InChI=1S/C30H31N3O4S2/c34-29(32-28(25-10-5-2-6-11-25)17-18-31-22-26-12-7-20-37-26)30-33(19-21-38-30)39(35,36)27-15-13-24(14-16-27)23-8-3-1-4-9-23/h1-16,20,28,30-31H,17-19,21-22H2,(H,32,34). The third kappa shape index (κ3) is 6.62. The van der Waals surface area contributed by atoms with Gasteiger partial charge in [-0.2, -0.15) is 4.31 Å². The van der Waals surface area contributed by atoms with Gasteiger partial charge in [0, 0.05) is 12.3 Å². The minimum absolute atomic E-state index is 0.184. The van der Waals surface area contributed by atoms with E-state index in [4.69, 9.17) is 4.42 Å². The number of nitrogens with zero attached hydrogens (tertiary/aromatic N) is 1. The van der Waals surface area contributed by atoms with Crippen LogP contribution in [0.15, 0.2) is 113 Å². The quantitative estimate of drug-likeness (QED) is 0.249. The Bertz CT molecular complexity index is 1450. The molecule has 2 N–H and O–H groups in total. The van der Waals surface area contributed by atoms with Crippen molar-refractivity contribution in [1.82, 2.24) is 14.9 Å². The lowest BCUT2D eigenvalue weighted by Gasteiger charge is -2.26. The summed E-state index contributed by atoms with van der Waals surface area (Å²) in [4.78, 5) is 13.7. The van der Waals surface area contributed by atoms with Crippen LogP contribution >= 0.6 is 11.8 Å². The van der Waals surface area contributed by atoms with E-state index in [0.29, 0.717) is 25.3 Å². The number of benzene rings is 3. The van der Waals surface area contributed by atoms with Crippen LogP contribution in [0.25, 0.3) is 11.1 Å². The number of carbonyl (C=O) groups excluding carboxylic acids is 1. The molecule has 0 saturated carbocycles. The zero-order chi connectivity index (χ0) is 27.1. The first-order chi connectivity index (χ1) is 19.0. The molecule has 2 unspecified atom stereocenters. The van der Waals surface area contributed by atoms with Crippen molar-refractivity contribution < 1.29 is 17.6 Å². The Kier molecular flexibility index (Phi) is 8.83. The van der Waals surface area contributed by atoms with E-state index >= 15 is 0 Å². The van der Waals surface area contributed by atoms with Crippen LogP contribution in [0.1, 0.15) is 23.8 Å². The summed E-state index contributed by atoms with van der Waals surface area (Å²) in [5.41, 5.74) is 2.92. The smallest absolute Gasteiger partial charge is 0.249 e. The first kappa shape index (κ1) is 27.2. The molecule has 2 heterocycles. The molecule has 0 spiro atoms. The predicted octanol–water partition coefficient (Wildman–Crippen LogP) is 5.05. The molecule has 1 fully saturated rings. The second kappa shape index (κ2) is 12.7. The minimum Gasteiger partial charge on any atom is -0.468 e. The van der Waals surface area contributed by atoms with Gasteiger partial charge in [-0.25, -0.2) is 8.42 Å². The van der Waals surface area contributed by atoms with Crippen molar-refractivity contribution in [3.8, 4) is 11.1 Å². The highest BCUT2D eigenvalue weighted by molar-refractivity contribution is 8.02. The maximum Gasteiger partial charge on any atom is 0.249 e. The largest absolute Gasteiger partial charge is 0.468 e. The summed E-state index contributed by atoms with van der Waals surface area (Å²) >= 11 is 1.35. The van der Waals surface area contributed by atoms with Crippen LogP contribution in [-0.4, -0.2) is 42.8 Å². The number of nitrogens with one attached hydrogen (secondary N) is 2. The van der Waals surface area contributed by atoms with Crippen molar-refractivity contribution in [3.63, 3.8) is 0 Å². The fourth-order valence-corrected chi connectivity index (χ4v) is 7.70. The molecule has 0 aliphatic carbocycles. The molecule has 202 valence electrons. The molecule has 7 nitrogen and oxygen atoms in total. The third-order valence-corrected chi connectivity index (χ3v) is 9.86. The predicted molar refractivity (Wildman–Crippen MR) is 154 cm³/mol. The molecule has 1 amide bonds. The number of hydrogen-bond donors (Lipinski definition) is 2. The average molecular weight is 562 g/mol. The van der Waals surface area contributed by atoms with E-state index in [1.54, 1.807) is 18.4 Å². The summed E-state index contributed by atoms with van der Waals surface area (Å²) < 4.78 is 33.9. The van der Waals surface area contributed by atoms with Crippen LogP contribution in [0.5, 0.6) is 0 Å². The molecule has 39 heavy (non-hydrogen) atoms. The fourth-order valence-electron chi connectivity index (χ4n) is 4.61. The summed E-state index contributed by atoms with van der Waals surface area (Å²) in [6, 6.07) is 29.9. The molecule has 1 saturated heterocycles. The first-order valence-corrected chi connectivity index (χ1v) is 15.4. The Labute approximate surface area is 233 Å². The Morgan fingerprint density at radius 2 is 1.62 bits per heavy atom. The molecule has 3 aromatic carbocycles. The summed E-state index contributed by atoms with van der Waals surface area (Å²) in [6.07, 6.45) is 2.28. The topological polar surface area (TPSA) is 91.7 Å². The van der Waals surface area contributed by atoms with E-state index in [1.807, 2.05) is 84.9 Å². The Morgan fingerprint density at radius 1 is 0.923 bits per heavy atom. The van der Waals surface area contributed by atoms with Crippen molar-refractivity contribution in [2.45, 2.75) is 29.3 Å². The Balaban J connectivity index is 1.27. The van der Waals surface area contributed by atoms with Gasteiger partial charge in [-0.05, 0) is 53.9 Å². The van der Waals surface area contributed by atoms with E-state index in [9.17, 15) is 13.2 Å². The van der Waals surface area contributed by atoms with E-state index in [1.165, 1.54) is 16.1 Å². The van der Waals surface area contributed by atoms with Crippen molar-refractivity contribution in [2.75, 3.05) is 18.8 Å². The van der Waals surface area contributed by atoms with Gasteiger partial charge in [0.2, 0.25) is 15.9 Å². The summed E-state index contributed by atoms with van der Waals surface area (Å²) in [5, 5.41) is 5.64. The van der Waals surface area contributed by atoms with E-state index in [2.05, 4.69) is 10.6 Å². The lowest BCUT2D eigenvalue weighted by atomic mass is 10.0. The summed E-state index contributed by atoms with van der Waals surface area (Å²) in [5.74, 6) is 1.09. The Morgan fingerprint density at radius 3 is 2.31 bits per heavy atom. The second-order valence-corrected chi connectivity index (χ2v) is 12.3. The molecule has 1 aliphatic heterocycles. The van der Waals surface area contributed by atoms with Gasteiger partial charge in [-0.1, -0.05) is 72.8 Å². The lowest BCUT2D eigenvalue weighted by molar-refractivity contribution is -0.122. The van der Waals surface area contributed by atoms with Crippen LogP contribution in [-0.2, 0) is 21.4 Å². The van der Waals surface area contributed by atoms with Gasteiger partial charge in [-0.15, -0.1) is 11.8 Å². The van der Waals surface area contributed by atoms with Crippen LogP contribution in [0.3, 0.4) is 0 Å². The van der Waals surface area contributed by atoms with E-state index in [0.717, 1.165) is 22.5 Å². The highest BCUT2D eigenvalue weighted by atomic mass is 32.2. The maximum atomic E-state index is 13.6. The van der Waals surface area contributed by atoms with Crippen LogP contribution in [0.2, 0.25) is 0 Å². The molecule has 5 rings (SSSR count). The number of rotatable bonds is 11. The number of hydrogen-bond acceptors (Lipinski definition) is 6. The van der Waals surface area contributed by atoms with E-state index in [-0.39, 0.29) is 23.4 Å². The maximum absolute atomic E-state index is 13.6. The number of thioether (sulfide) groups is 1. The fraction of sp³-hybridized carbons (Fsp3) is 0.233. The van der Waals surface area contributed by atoms with Crippen LogP contribution < -0.4 is 10.6 Å². The van der Waals surface area contributed by atoms with Gasteiger partial charge in [0.25, 0.3) is 0 Å². The molecule has 0 bridgehead atoms. The highest BCUT2D eigenvalue weighted by Gasteiger charge is 2.40. The van der Waals surface area contributed by atoms with Gasteiger partial charge in [0.05, 0.1) is 23.7 Å². The van der Waals surface area contributed by atoms with Gasteiger partial charge >= 0.3 is 0 Å². The molecule has 4 aromatic rings. The zero-order valence-corrected chi connectivity index (χ0v) is 23.0. The summed E-state index contributed by atoms with van der Waals surface area (Å²) in [6.45, 7) is 1.52. The molecular formula is C30H31N3O4S2. The Hall–Kier alpha value is -3.37. The zero-order valence-electron chi connectivity index (χ0n) is 21.4. The van der Waals surface area contributed by atoms with Crippen molar-refractivity contribution >= 4 is 27.7 Å². The first-order valence-electron chi connectivity index (χ1n) is 12.9. The molecule has 9 heteroatoms. The number of furan rings is 1. The number of carbonyl (C=O) groups is 1. The van der Waals surface area contributed by atoms with Crippen LogP contribution in [0.4, 0.5) is 0 Å². The number of sulfonamides is 1.